The van der Waals surface area contributed by atoms with Crippen molar-refractivity contribution in [1.82, 2.24) is 5.48 Å². The number of rotatable bonds is 3. The third-order valence-electron chi connectivity index (χ3n) is 0.702. The van der Waals surface area contributed by atoms with E-state index in [2.05, 4.69) is 4.74 Å². The topological polar surface area (TPSA) is 133 Å². The molecule has 0 aromatic heterocycles. The molecular formula is C6H11NO7. The molecular weight excluding hydrogens is 198 g/mol. The maximum absolute atomic E-state index is 9.99. The van der Waals surface area contributed by atoms with Gasteiger partial charge in [-0.1, -0.05) is 0 Å². The molecule has 0 bridgehead atoms. The van der Waals surface area contributed by atoms with Gasteiger partial charge in [0.25, 0.3) is 0 Å². The first-order chi connectivity index (χ1) is 6.41. The van der Waals surface area contributed by atoms with Crippen molar-refractivity contribution in [3.8, 4) is 0 Å². The van der Waals surface area contributed by atoms with Crippen molar-refractivity contribution in [3.05, 3.63) is 0 Å². The Hall–Kier alpha value is -1.67. The van der Waals surface area contributed by atoms with Gasteiger partial charge in [0.1, 0.15) is 6.61 Å². The van der Waals surface area contributed by atoms with E-state index in [4.69, 9.17) is 25.0 Å². The Morgan fingerprint density at radius 1 is 1.21 bits per heavy atom. The average molecular weight is 209 g/mol. The summed E-state index contributed by atoms with van der Waals surface area (Å²) in [4.78, 5) is 28.2. The van der Waals surface area contributed by atoms with Crippen LogP contribution in [0.2, 0.25) is 0 Å². The molecule has 0 fully saturated rings. The predicted molar refractivity (Wildman–Crippen MR) is 41.7 cm³/mol. The van der Waals surface area contributed by atoms with Gasteiger partial charge in [0.2, 0.25) is 0 Å². The smallest absolute Gasteiger partial charge is 0.414 e. The summed E-state index contributed by atoms with van der Waals surface area (Å²) in [6, 6.07) is 0. The summed E-state index contributed by atoms with van der Waals surface area (Å²) < 4.78 is 4.42. The van der Waals surface area contributed by atoms with E-state index in [0.717, 1.165) is 0 Å². The molecule has 0 aromatic carbocycles. The van der Waals surface area contributed by atoms with Crippen molar-refractivity contribution in [1.29, 1.82) is 0 Å². The number of aliphatic carboxylic acids is 2. The maximum atomic E-state index is 9.99. The maximum Gasteiger partial charge on any atom is 0.414 e. The number of carboxylic acid groups (broad SMARTS) is 2. The van der Waals surface area contributed by atoms with E-state index in [9.17, 15) is 4.79 Å². The number of hydrogen-bond acceptors (Lipinski definition) is 6. The van der Waals surface area contributed by atoms with Crippen LogP contribution in [0.4, 0.5) is 0 Å². The van der Waals surface area contributed by atoms with Crippen molar-refractivity contribution < 1.29 is 34.5 Å². The van der Waals surface area contributed by atoms with E-state index < -0.39 is 11.9 Å². The van der Waals surface area contributed by atoms with E-state index in [1.165, 1.54) is 6.92 Å². The van der Waals surface area contributed by atoms with E-state index >= 15 is 0 Å². The van der Waals surface area contributed by atoms with E-state index in [1.54, 1.807) is 0 Å². The van der Waals surface area contributed by atoms with Crippen LogP contribution < -0.4 is 5.48 Å². The highest BCUT2D eigenvalue weighted by Crippen LogP contribution is 1.71. The number of esters is 1. The van der Waals surface area contributed by atoms with Gasteiger partial charge in [-0.25, -0.2) is 15.1 Å². The molecule has 0 atom stereocenters. The lowest BCUT2D eigenvalue weighted by molar-refractivity contribution is -0.159. The molecule has 0 aliphatic carbocycles. The fourth-order valence-electron chi connectivity index (χ4n) is 0.240. The average Bonchev–Trinajstić information content (AvgIpc) is 2.05. The van der Waals surface area contributed by atoms with Crippen LogP contribution in [0.25, 0.3) is 0 Å². The summed E-state index contributed by atoms with van der Waals surface area (Å²) in [5.74, 6) is -3.98. The van der Waals surface area contributed by atoms with Crippen LogP contribution in [0, 0.1) is 0 Å². The standard InChI is InChI=1S/C4H9NO3.C2H2O4/c1-4(6)8-3-2-5-7;3-1(4)2(5)6/h5,7H,2-3H2,1H3;(H,3,4)(H,5,6). The molecule has 0 aliphatic heterocycles. The monoisotopic (exact) mass is 209 g/mol. The van der Waals surface area contributed by atoms with Gasteiger partial charge in [0.05, 0.1) is 6.54 Å². The van der Waals surface area contributed by atoms with Crippen LogP contribution in [0.15, 0.2) is 0 Å². The van der Waals surface area contributed by atoms with Gasteiger partial charge in [-0.05, 0) is 0 Å². The summed E-state index contributed by atoms with van der Waals surface area (Å²) in [7, 11) is 0. The quantitative estimate of drug-likeness (QED) is 0.195. The highest BCUT2D eigenvalue weighted by Gasteiger charge is 2.04. The molecule has 0 spiro atoms. The van der Waals surface area contributed by atoms with Crippen LogP contribution >= 0.6 is 0 Å². The zero-order valence-electron chi connectivity index (χ0n) is 7.39. The van der Waals surface area contributed by atoms with Crippen LogP contribution in [0.3, 0.4) is 0 Å². The zero-order valence-corrected chi connectivity index (χ0v) is 7.39. The number of hydrogen-bond donors (Lipinski definition) is 4. The van der Waals surface area contributed by atoms with Gasteiger partial charge in [0, 0.05) is 6.92 Å². The lowest BCUT2D eigenvalue weighted by Crippen LogP contribution is -2.16. The second-order valence-corrected chi connectivity index (χ2v) is 1.86. The Morgan fingerprint density at radius 2 is 1.64 bits per heavy atom. The molecule has 0 amide bonds. The second kappa shape index (κ2) is 9.42. The number of hydroxylamine groups is 1. The van der Waals surface area contributed by atoms with Crippen molar-refractivity contribution >= 4 is 17.9 Å². The molecule has 0 radical (unpaired) electrons. The molecule has 0 rings (SSSR count). The Morgan fingerprint density at radius 3 is 1.86 bits per heavy atom. The summed E-state index contributed by atoms with van der Waals surface area (Å²) in [5.41, 5.74) is 1.85. The third-order valence-corrected chi connectivity index (χ3v) is 0.702. The molecule has 0 saturated heterocycles. The number of ether oxygens (including phenoxy) is 1. The highest BCUT2D eigenvalue weighted by molar-refractivity contribution is 6.27. The van der Waals surface area contributed by atoms with E-state index in [0.29, 0.717) is 0 Å². The third kappa shape index (κ3) is 16.7. The molecule has 0 saturated carbocycles. The fraction of sp³-hybridized carbons (Fsp3) is 0.500. The summed E-state index contributed by atoms with van der Waals surface area (Å²) in [5, 5.41) is 22.7. The molecule has 0 aromatic rings. The first-order valence-corrected chi connectivity index (χ1v) is 3.38. The molecule has 82 valence electrons. The van der Waals surface area contributed by atoms with E-state index in [-0.39, 0.29) is 19.1 Å². The number of carboxylic acids is 2. The lowest BCUT2D eigenvalue weighted by Gasteiger charge is -1.97. The normalized spacial score (nSPS) is 8.14. The number of nitrogens with one attached hydrogen (secondary N) is 1. The van der Waals surface area contributed by atoms with E-state index in [1.807, 2.05) is 5.48 Å². The summed E-state index contributed by atoms with van der Waals surface area (Å²) >= 11 is 0. The van der Waals surface area contributed by atoms with Crippen molar-refractivity contribution in [2.24, 2.45) is 0 Å². The van der Waals surface area contributed by atoms with Gasteiger partial charge >= 0.3 is 17.9 Å². The minimum atomic E-state index is -1.82. The molecule has 0 heterocycles. The fourth-order valence-corrected chi connectivity index (χ4v) is 0.240. The number of carbonyl (C=O) groups is 3. The largest absolute Gasteiger partial charge is 0.473 e. The minimum Gasteiger partial charge on any atom is -0.473 e. The Kier molecular flexibility index (Phi) is 9.98. The predicted octanol–water partition coefficient (Wildman–Crippen LogP) is -1.32. The van der Waals surface area contributed by atoms with Crippen LogP contribution in [-0.2, 0) is 19.1 Å². The molecule has 4 N–H and O–H groups in total. The Balaban J connectivity index is 0. The summed E-state index contributed by atoms with van der Waals surface area (Å²) in [6.45, 7) is 1.81. The van der Waals surface area contributed by atoms with Gasteiger partial charge in [-0.2, -0.15) is 0 Å². The van der Waals surface area contributed by atoms with Crippen molar-refractivity contribution in [2.45, 2.75) is 6.92 Å². The lowest BCUT2D eigenvalue weighted by atomic mass is 10.7. The van der Waals surface area contributed by atoms with Crippen LogP contribution in [0.5, 0.6) is 0 Å². The van der Waals surface area contributed by atoms with Crippen molar-refractivity contribution in [3.63, 3.8) is 0 Å². The van der Waals surface area contributed by atoms with Crippen molar-refractivity contribution in [2.75, 3.05) is 13.2 Å². The Bertz CT molecular complexity index is 190. The van der Waals surface area contributed by atoms with Gasteiger partial charge in [0.15, 0.2) is 0 Å². The molecule has 0 aliphatic rings. The Labute approximate surface area is 79.1 Å². The van der Waals surface area contributed by atoms with Gasteiger partial charge < -0.3 is 20.2 Å². The van der Waals surface area contributed by atoms with Gasteiger partial charge in [-0.3, -0.25) is 4.79 Å². The molecule has 0 unspecified atom stereocenters. The minimum absolute atomic E-state index is 0.214. The van der Waals surface area contributed by atoms with Gasteiger partial charge in [-0.15, -0.1) is 0 Å². The molecule has 8 heteroatoms. The van der Waals surface area contributed by atoms with Crippen LogP contribution in [0.1, 0.15) is 6.92 Å². The number of carbonyl (C=O) groups excluding carboxylic acids is 1. The highest BCUT2D eigenvalue weighted by atomic mass is 16.5. The SMILES string of the molecule is CC(=O)OCCNO.O=C(O)C(=O)O. The van der Waals surface area contributed by atoms with Crippen LogP contribution in [-0.4, -0.2) is 46.5 Å². The molecule has 8 nitrogen and oxygen atoms in total. The zero-order chi connectivity index (χ0) is 11.6. The second-order valence-electron chi connectivity index (χ2n) is 1.86. The first kappa shape index (κ1) is 14.8. The molecule has 14 heavy (non-hydrogen) atoms. The first-order valence-electron chi connectivity index (χ1n) is 3.38. The summed E-state index contributed by atoms with van der Waals surface area (Å²) in [6.07, 6.45) is 0.